The van der Waals surface area contributed by atoms with E-state index in [9.17, 15) is 4.79 Å². The second-order valence-corrected chi connectivity index (χ2v) is 6.11. The molecule has 3 N–H and O–H groups in total. The number of guanidine groups is 1. The predicted molar refractivity (Wildman–Crippen MR) is 90.0 cm³/mol. The van der Waals surface area contributed by atoms with Crippen molar-refractivity contribution in [3.63, 3.8) is 0 Å². The third-order valence-electron chi connectivity index (χ3n) is 4.14. The van der Waals surface area contributed by atoms with Crippen molar-refractivity contribution in [1.29, 1.82) is 0 Å². The highest BCUT2D eigenvalue weighted by molar-refractivity contribution is 5.81. The summed E-state index contributed by atoms with van der Waals surface area (Å²) in [7, 11) is 0. The molecule has 0 bridgehead atoms. The minimum Gasteiger partial charge on any atom is -0.357 e. The summed E-state index contributed by atoms with van der Waals surface area (Å²) >= 11 is 0. The molecule has 126 valence electrons. The molecule has 22 heavy (non-hydrogen) atoms. The van der Waals surface area contributed by atoms with Gasteiger partial charge in [0.1, 0.15) is 0 Å². The predicted octanol–water partition coefficient (Wildman–Crippen LogP) is 0.552. The van der Waals surface area contributed by atoms with Gasteiger partial charge in [0.25, 0.3) is 0 Å². The molecule has 2 aliphatic rings. The highest BCUT2D eigenvalue weighted by atomic mass is 16.2. The van der Waals surface area contributed by atoms with Crippen LogP contribution in [0.1, 0.15) is 39.5 Å². The van der Waals surface area contributed by atoms with Gasteiger partial charge < -0.3 is 16.0 Å². The Labute approximate surface area is 134 Å². The summed E-state index contributed by atoms with van der Waals surface area (Å²) in [5.41, 5.74) is 0. The minimum absolute atomic E-state index is 0.201. The Morgan fingerprint density at radius 2 is 1.82 bits per heavy atom. The molecule has 0 aliphatic heterocycles. The van der Waals surface area contributed by atoms with Gasteiger partial charge in [0.05, 0.1) is 6.54 Å². The molecule has 2 fully saturated rings. The van der Waals surface area contributed by atoms with Crippen molar-refractivity contribution < 1.29 is 4.79 Å². The molecule has 0 saturated heterocycles. The third-order valence-corrected chi connectivity index (χ3v) is 4.14. The largest absolute Gasteiger partial charge is 0.357 e. The lowest BCUT2D eigenvalue weighted by Gasteiger charge is -2.19. The number of carbonyl (C=O) groups excluding carboxylic acids is 1. The lowest BCUT2D eigenvalue weighted by atomic mass is 10.4. The number of likely N-dealkylation sites (N-methyl/N-ethyl adjacent to an activating group) is 1. The second-order valence-electron chi connectivity index (χ2n) is 6.11. The summed E-state index contributed by atoms with van der Waals surface area (Å²) in [5.74, 6) is 1.33. The van der Waals surface area contributed by atoms with E-state index < -0.39 is 0 Å². The molecule has 0 aromatic heterocycles. The number of hydrogen-bond donors (Lipinski definition) is 3. The van der Waals surface area contributed by atoms with Crippen LogP contribution in [-0.2, 0) is 4.79 Å². The highest BCUT2D eigenvalue weighted by Gasteiger charge is 2.29. The lowest BCUT2D eigenvalue weighted by Crippen LogP contribution is -2.42. The Kier molecular flexibility index (Phi) is 6.96. The summed E-state index contributed by atoms with van der Waals surface area (Å²) in [6.45, 7) is 9.44. The van der Waals surface area contributed by atoms with Gasteiger partial charge in [-0.1, -0.05) is 6.92 Å². The zero-order chi connectivity index (χ0) is 15.8. The van der Waals surface area contributed by atoms with Crippen molar-refractivity contribution in [2.75, 3.05) is 39.3 Å². The first-order valence-electron chi connectivity index (χ1n) is 8.78. The number of amides is 1. The van der Waals surface area contributed by atoms with Crippen molar-refractivity contribution in [1.82, 2.24) is 20.9 Å². The van der Waals surface area contributed by atoms with Crippen molar-refractivity contribution in [3.8, 4) is 0 Å². The molecule has 0 spiro atoms. The van der Waals surface area contributed by atoms with E-state index in [0.717, 1.165) is 51.0 Å². The van der Waals surface area contributed by atoms with E-state index >= 15 is 0 Å². The van der Waals surface area contributed by atoms with Gasteiger partial charge in [-0.3, -0.25) is 14.7 Å². The van der Waals surface area contributed by atoms with Crippen LogP contribution in [0, 0.1) is 5.92 Å². The summed E-state index contributed by atoms with van der Waals surface area (Å²) in [5, 5.41) is 9.48. The van der Waals surface area contributed by atoms with Crippen LogP contribution in [0.2, 0.25) is 0 Å². The van der Waals surface area contributed by atoms with Gasteiger partial charge in [0.15, 0.2) is 5.96 Å². The summed E-state index contributed by atoms with van der Waals surface area (Å²) in [4.78, 5) is 18.7. The Morgan fingerprint density at radius 3 is 2.41 bits per heavy atom. The Bertz CT molecular complexity index is 377. The van der Waals surface area contributed by atoms with Crippen molar-refractivity contribution in [3.05, 3.63) is 0 Å². The quantitative estimate of drug-likeness (QED) is 0.313. The molecule has 0 unspecified atom stereocenters. The Balaban J connectivity index is 1.61. The molecule has 0 atom stereocenters. The van der Waals surface area contributed by atoms with Crippen LogP contribution in [-0.4, -0.2) is 62.1 Å². The molecule has 0 aromatic rings. The summed E-state index contributed by atoms with van der Waals surface area (Å²) in [6.07, 6.45) is 4.80. The van der Waals surface area contributed by atoms with Crippen molar-refractivity contribution >= 4 is 11.9 Å². The number of hydrogen-bond acceptors (Lipinski definition) is 3. The number of nitrogens with zero attached hydrogens (tertiary/aromatic N) is 2. The topological polar surface area (TPSA) is 68.8 Å². The molecule has 0 aromatic carbocycles. The van der Waals surface area contributed by atoms with Gasteiger partial charge in [-0.15, -0.1) is 0 Å². The number of aliphatic imine (C=N–C) groups is 1. The van der Waals surface area contributed by atoms with Gasteiger partial charge in [-0.2, -0.15) is 0 Å². The van der Waals surface area contributed by atoms with E-state index in [1.165, 1.54) is 12.8 Å². The first-order valence-corrected chi connectivity index (χ1v) is 8.78. The fourth-order valence-electron chi connectivity index (χ4n) is 2.53. The lowest BCUT2D eigenvalue weighted by molar-refractivity contribution is -0.122. The Hall–Kier alpha value is -1.30. The van der Waals surface area contributed by atoms with Gasteiger partial charge in [0, 0.05) is 38.1 Å². The number of carbonyl (C=O) groups is 1. The molecule has 0 heterocycles. The molecule has 2 aliphatic carbocycles. The van der Waals surface area contributed by atoms with E-state index in [-0.39, 0.29) is 11.8 Å². The van der Waals surface area contributed by atoms with Gasteiger partial charge >= 0.3 is 0 Å². The molecular weight excluding hydrogens is 278 g/mol. The maximum absolute atomic E-state index is 11.5. The zero-order valence-corrected chi connectivity index (χ0v) is 14.0. The van der Waals surface area contributed by atoms with E-state index in [1.807, 2.05) is 0 Å². The molecule has 2 saturated carbocycles. The van der Waals surface area contributed by atoms with Gasteiger partial charge in [-0.05, 0) is 39.2 Å². The van der Waals surface area contributed by atoms with Crippen LogP contribution in [0.5, 0.6) is 0 Å². The smallest absolute Gasteiger partial charge is 0.223 e. The van der Waals surface area contributed by atoms with Crippen LogP contribution < -0.4 is 16.0 Å². The fourth-order valence-corrected chi connectivity index (χ4v) is 2.53. The molecule has 1 amide bonds. The number of nitrogens with one attached hydrogen (secondary N) is 3. The maximum atomic E-state index is 11.5. The van der Waals surface area contributed by atoms with E-state index in [2.05, 4.69) is 39.7 Å². The third kappa shape index (κ3) is 6.22. The highest BCUT2D eigenvalue weighted by Crippen LogP contribution is 2.28. The van der Waals surface area contributed by atoms with Crippen molar-refractivity contribution in [2.45, 2.75) is 45.6 Å². The maximum Gasteiger partial charge on any atom is 0.223 e. The van der Waals surface area contributed by atoms with Gasteiger partial charge in [-0.25, -0.2) is 0 Å². The summed E-state index contributed by atoms with van der Waals surface area (Å²) < 4.78 is 0. The monoisotopic (exact) mass is 309 g/mol. The first-order chi connectivity index (χ1) is 10.7. The van der Waals surface area contributed by atoms with E-state index in [4.69, 9.17) is 0 Å². The van der Waals surface area contributed by atoms with Crippen LogP contribution in [0.4, 0.5) is 0 Å². The minimum atomic E-state index is 0.201. The summed E-state index contributed by atoms with van der Waals surface area (Å²) in [6, 6.07) is 0.799. The first kappa shape index (κ1) is 17.1. The van der Waals surface area contributed by atoms with Crippen molar-refractivity contribution in [2.24, 2.45) is 10.9 Å². The molecule has 6 heteroatoms. The van der Waals surface area contributed by atoms with Gasteiger partial charge in [0.2, 0.25) is 5.91 Å². The van der Waals surface area contributed by atoms with Crippen LogP contribution in [0.3, 0.4) is 0 Å². The molecule has 6 nitrogen and oxygen atoms in total. The standard InChI is InChI=1S/C16H31N5O/c1-3-17-16(19-10-9-18-15(22)13-5-6-13)20-11-12-21(4-2)14-7-8-14/h13-14H,3-12H2,1-2H3,(H,18,22)(H2,17,19,20). The van der Waals surface area contributed by atoms with Crippen LogP contribution in [0.25, 0.3) is 0 Å². The van der Waals surface area contributed by atoms with Crippen LogP contribution >= 0.6 is 0 Å². The number of rotatable bonds is 10. The average Bonchev–Trinajstić information content (AvgIpc) is 3.40. The SMILES string of the molecule is CCNC(=NCCN(CC)C1CC1)NCCNC(=O)C1CC1. The average molecular weight is 309 g/mol. The fraction of sp³-hybridized carbons (Fsp3) is 0.875. The Morgan fingerprint density at radius 1 is 1.09 bits per heavy atom. The molecular formula is C16H31N5O. The van der Waals surface area contributed by atoms with E-state index in [0.29, 0.717) is 13.1 Å². The molecule has 2 rings (SSSR count). The second kappa shape index (κ2) is 8.98. The normalized spacial score (nSPS) is 18.4. The molecule has 0 radical (unpaired) electrons. The zero-order valence-electron chi connectivity index (χ0n) is 14.0. The van der Waals surface area contributed by atoms with E-state index in [1.54, 1.807) is 0 Å². The van der Waals surface area contributed by atoms with Crippen LogP contribution in [0.15, 0.2) is 4.99 Å².